The smallest absolute Gasteiger partial charge is 0.257 e. The van der Waals surface area contributed by atoms with Crippen LogP contribution in [0.1, 0.15) is 35.5 Å². The van der Waals surface area contributed by atoms with E-state index in [0.717, 1.165) is 0 Å². The molecule has 0 radical (unpaired) electrons. The number of aryl methyl sites for hydroxylation is 1. The number of rotatable bonds is 6. The van der Waals surface area contributed by atoms with Crippen LogP contribution >= 0.6 is 0 Å². The number of carbonyl (C=O) groups excluding carboxylic acids is 1. The van der Waals surface area contributed by atoms with Crippen LogP contribution in [0.2, 0.25) is 0 Å². The lowest BCUT2D eigenvalue weighted by Crippen LogP contribution is -2.33. The van der Waals surface area contributed by atoms with Crippen LogP contribution in [0.4, 0.5) is 8.78 Å². The van der Waals surface area contributed by atoms with Gasteiger partial charge in [0.15, 0.2) is 5.82 Å². The highest BCUT2D eigenvalue weighted by molar-refractivity contribution is 5.95. The molecule has 1 amide bonds. The Bertz CT molecular complexity index is 1540. The molecule has 2 N–H and O–H groups in total. The second-order valence-electron chi connectivity index (χ2n) is 10.6. The average molecular weight is 532 g/mol. The van der Waals surface area contributed by atoms with Gasteiger partial charge in [-0.25, -0.2) is 28.4 Å². The fourth-order valence-corrected chi connectivity index (χ4v) is 5.14. The largest absolute Gasteiger partial charge is 0.474 e. The molecule has 1 saturated heterocycles. The van der Waals surface area contributed by atoms with Crippen LogP contribution in [0.15, 0.2) is 55.0 Å². The summed E-state index contributed by atoms with van der Waals surface area (Å²) >= 11 is 0. The predicted octanol–water partition coefficient (Wildman–Crippen LogP) is 3.65. The van der Waals surface area contributed by atoms with Crippen molar-refractivity contribution < 1.29 is 18.3 Å². The zero-order valence-corrected chi connectivity index (χ0v) is 21.7. The van der Waals surface area contributed by atoms with Crippen molar-refractivity contribution in [3.05, 3.63) is 83.4 Å². The number of hydrogen-bond donors (Lipinski definition) is 1. The summed E-state index contributed by atoms with van der Waals surface area (Å²) in [6.07, 6.45) is 4.74. The third-order valence-corrected chi connectivity index (χ3v) is 7.29. The molecule has 11 heteroatoms. The van der Waals surface area contributed by atoms with Crippen LogP contribution in [0, 0.1) is 30.4 Å². The molecule has 4 heterocycles. The summed E-state index contributed by atoms with van der Waals surface area (Å²) in [7, 11) is 0. The van der Waals surface area contributed by atoms with Crippen LogP contribution in [0.5, 0.6) is 5.88 Å². The van der Waals surface area contributed by atoms with Gasteiger partial charge in [0.2, 0.25) is 11.8 Å². The Morgan fingerprint density at radius 2 is 1.77 bits per heavy atom. The Kier molecular flexibility index (Phi) is 5.91. The van der Waals surface area contributed by atoms with Crippen LogP contribution in [0.25, 0.3) is 17.2 Å². The maximum absolute atomic E-state index is 15.4. The highest BCUT2D eigenvalue weighted by Gasteiger charge is 2.59. The number of nitrogens with zero attached hydrogens (tertiary/aromatic N) is 6. The van der Waals surface area contributed by atoms with E-state index in [1.54, 1.807) is 50.3 Å². The predicted molar refractivity (Wildman–Crippen MR) is 138 cm³/mol. The van der Waals surface area contributed by atoms with Gasteiger partial charge in [-0.05, 0) is 51.1 Å². The lowest BCUT2D eigenvalue weighted by atomic mass is 9.94. The second kappa shape index (κ2) is 9.19. The summed E-state index contributed by atoms with van der Waals surface area (Å²) in [6, 6.07) is 8.70. The summed E-state index contributed by atoms with van der Waals surface area (Å²) < 4.78 is 36.6. The molecule has 9 nitrogen and oxygen atoms in total. The maximum Gasteiger partial charge on any atom is 0.257 e. The van der Waals surface area contributed by atoms with E-state index >= 15 is 4.39 Å². The average Bonchev–Trinajstić information content (AvgIpc) is 3.22. The molecule has 200 valence electrons. The third kappa shape index (κ3) is 4.63. The Morgan fingerprint density at radius 3 is 2.41 bits per heavy atom. The number of carbonyl (C=O) groups is 1. The van der Waals surface area contributed by atoms with Gasteiger partial charge in [-0.15, -0.1) is 0 Å². The van der Waals surface area contributed by atoms with Gasteiger partial charge >= 0.3 is 0 Å². The van der Waals surface area contributed by atoms with Gasteiger partial charge in [-0.3, -0.25) is 4.79 Å². The van der Waals surface area contributed by atoms with E-state index < -0.39 is 17.2 Å². The zero-order valence-electron chi connectivity index (χ0n) is 21.7. The van der Waals surface area contributed by atoms with Crippen LogP contribution in [0.3, 0.4) is 0 Å². The van der Waals surface area contributed by atoms with E-state index in [4.69, 9.17) is 10.5 Å². The van der Waals surface area contributed by atoms with Crippen LogP contribution in [-0.4, -0.2) is 54.7 Å². The van der Waals surface area contributed by atoms with Crippen molar-refractivity contribution in [1.29, 1.82) is 0 Å². The molecule has 1 aliphatic heterocycles. The fraction of sp³-hybridized carbons (Fsp3) is 0.321. The van der Waals surface area contributed by atoms with Crippen molar-refractivity contribution >= 4 is 5.91 Å². The lowest BCUT2D eigenvalue weighted by Gasteiger charge is -2.23. The van der Waals surface area contributed by atoms with Gasteiger partial charge in [0.05, 0.1) is 11.3 Å². The lowest BCUT2D eigenvalue weighted by molar-refractivity contribution is 0.0750. The number of aromatic nitrogens is 5. The SMILES string of the molecule is Cc1nn(-c2ncccn2)cc1C(=O)N1C[C@@H]2[C@H](C1)[C@H]2Oc1cc(C(C)(C)N)c(F)c(-c2ccc(F)cc2)n1. The van der Waals surface area contributed by atoms with E-state index in [2.05, 4.69) is 20.1 Å². The van der Waals surface area contributed by atoms with Gasteiger partial charge in [0.25, 0.3) is 5.91 Å². The molecule has 1 aliphatic carbocycles. The fourth-order valence-electron chi connectivity index (χ4n) is 5.14. The number of ether oxygens (including phenoxy) is 1. The van der Waals surface area contributed by atoms with Gasteiger partial charge in [0, 0.05) is 66.2 Å². The van der Waals surface area contributed by atoms with Crippen molar-refractivity contribution in [3.8, 4) is 23.1 Å². The molecular formula is C28H27F2N7O2. The van der Waals surface area contributed by atoms with Crippen molar-refractivity contribution in [1.82, 2.24) is 29.6 Å². The molecule has 0 bridgehead atoms. The van der Waals surface area contributed by atoms with Crippen LogP contribution < -0.4 is 10.5 Å². The quantitative estimate of drug-likeness (QED) is 0.404. The van der Waals surface area contributed by atoms with Gasteiger partial charge in [-0.2, -0.15) is 5.10 Å². The van der Waals surface area contributed by atoms with E-state index in [1.807, 2.05) is 0 Å². The molecule has 0 spiro atoms. The zero-order chi connectivity index (χ0) is 27.5. The number of fused-ring (bicyclic) bond motifs is 1. The summed E-state index contributed by atoms with van der Waals surface area (Å²) in [4.78, 5) is 27.8. The van der Waals surface area contributed by atoms with Gasteiger partial charge in [-0.1, -0.05) is 0 Å². The molecule has 2 aliphatic rings. The monoisotopic (exact) mass is 531 g/mol. The molecule has 0 unspecified atom stereocenters. The standard InChI is InChI=1S/C28H27F2N7O2/c1-15-18(14-37(35-15)27-32-9-4-10-33-27)26(38)36-12-19-20(13-36)25(19)39-22-11-21(28(2,3)31)23(30)24(34-22)16-5-7-17(29)8-6-16/h4-11,14,19-20,25H,12-13,31H2,1-3H3/t19-,20+,25+. The number of benzene rings is 1. The number of likely N-dealkylation sites (tertiary alicyclic amines) is 1. The number of nitrogens with two attached hydrogens (primary N) is 1. The van der Waals surface area contributed by atoms with Crippen molar-refractivity contribution in [2.24, 2.45) is 17.6 Å². The van der Waals surface area contributed by atoms with Crippen LogP contribution in [-0.2, 0) is 5.54 Å². The Hall–Kier alpha value is -4.25. The summed E-state index contributed by atoms with van der Waals surface area (Å²) in [5.74, 6) is -0.177. The normalized spacial score (nSPS) is 20.2. The van der Waals surface area contributed by atoms with E-state index in [0.29, 0.717) is 35.9 Å². The molecule has 4 aromatic rings. The molecule has 6 rings (SSSR count). The highest BCUT2D eigenvalue weighted by Crippen LogP contribution is 2.48. The van der Waals surface area contributed by atoms with Crippen molar-refractivity contribution in [3.63, 3.8) is 0 Å². The first-order chi connectivity index (χ1) is 18.6. The number of piperidine rings is 1. The molecular weight excluding hydrogens is 504 g/mol. The summed E-state index contributed by atoms with van der Waals surface area (Å²) in [5.41, 5.74) is 7.09. The number of hydrogen-bond acceptors (Lipinski definition) is 7. The summed E-state index contributed by atoms with van der Waals surface area (Å²) in [6.45, 7) is 6.24. The third-order valence-electron chi connectivity index (χ3n) is 7.29. The molecule has 3 aromatic heterocycles. The van der Waals surface area contributed by atoms with Gasteiger partial charge < -0.3 is 15.4 Å². The molecule has 3 atom stereocenters. The first-order valence-corrected chi connectivity index (χ1v) is 12.7. The Morgan fingerprint density at radius 1 is 1.10 bits per heavy atom. The first-order valence-electron chi connectivity index (χ1n) is 12.7. The minimum absolute atomic E-state index is 0.0542. The number of pyridine rings is 1. The second-order valence-corrected chi connectivity index (χ2v) is 10.6. The van der Waals surface area contributed by atoms with E-state index in [1.165, 1.54) is 35.0 Å². The number of halogens is 2. The molecule has 1 aromatic carbocycles. The summed E-state index contributed by atoms with van der Waals surface area (Å²) in [5, 5.41) is 4.40. The van der Waals surface area contributed by atoms with Crippen molar-refractivity contribution in [2.45, 2.75) is 32.4 Å². The topological polar surface area (TPSA) is 112 Å². The van der Waals surface area contributed by atoms with E-state index in [-0.39, 0.29) is 41.0 Å². The Labute approximate surface area is 223 Å². The molecule has 39 heavy (non-hydrogen) atoms. The first kappa shape index (κ1) is 25.1. The Balaban J connectivity index is 1.18. The minimum Gasteiger partial charge on any atom is -0.474 e. The highest BCUT2D eigenvalue weighted by atomic mass is 19.1. The van der Waals surface area contributed by atoms with Crippen molar-refractivity contribution in [2.75, 3.05) is 13.1 Å². The maximum atomic E-state index is 15.4. The molecule has 2 fully saturated rings. The minimum atomic E-state index is -0.990. The van der Waals surface area contributed by atoms with Gasteiger partial charge in [0.1, 0.15) is 17.6 Å². The number of amides is 1. The van der Waals surface area contributed by atoms with E-state index in [9.17, 15) is 9.18 Å². The molecule has 1 saturated carbocycles.